The third-order valence-electron chi connectivity index (χ3n) is 2.54. The van der Waals surface area contributed by atoms with Gasteiger partial charge >= 0.3 is 0 Å². The Hall–Kier alpha value is -0.240. The maximum atomic E-state index is 5.97. The van der Waals surface area contributed by atoms with Crippen molar-refractivity contribution in [3.63, 3.8) is 0 Å². The second-order valence-corrected chi connectivity index (χ2v) is 5.08. The molecular weight excluding hydrogens is 424 g/mol. The summed E-state index contributed by atoms with van der Waals surface area (Å²) in [6.45, 7) is 4.86. The number of rotatable bonds is 7. The van der Waals surface area contributed by atoms with Crippen molar-refractivity contribution in [1.82, 2.24) is 10.6 Å². The fourth-order valence-electron chi connectivity index (χ4n) is 1.67. The van der Waals surface area contributed by atoms with E-state index in [0.717, 1.165) is 31.0 Å². The van der Waals surface area contributed by atoms with E-state index in [-0.39, 0.29) is 24.0 Å². The minimum Gasteiger partial charge on any atom is -0.383 e. The lowest BCUT2D eigenvalue weighted by Crippen LogP contribution is -2.38. The highest BCUT2D eigenvalue weighted by molar-refractivity contribution is 14.0. The maximum Gasteiger partial charge on any atom is 0.191 e. The summed E-state index contributed by atoms with van der Waals surface area (Å²) in [7, 11) is 1.67. The molecule has 0 spiro atoms. The SMILES string of the molecule is CCNC(=NCCOC)NCCc1cc(Cl)cc(Cl)c1.I. The quantitative estimate of drug-likeness (QED) is 0.293. The topological polar surface area (TPSA) is 45.7 Å². The molecule has 2 N–H and O–H groups in total. The van der Waals surface area contributed by atoms with E-state index in [4.69, 9.17) is 27.9 Å². The van der Waals surface area contributed by atoms with Crippen LogP contribution < -0.4 is 10.6 Å². The monoisotopic (exact) mass is 445 g/mol. The molecule has 0 amide bonds. The van der Waals surface area contributed by atoms with Gasteiger partial charge in [0, 0.05) is 30.2 Å². The molecule has 0 aliphatic rings. The first kappa shape index (κ1) is 20.8. The Bertz CT molecular complexity index is 424. The molecule has 0 saturated carbocycles. The molecule has 0 saturated heterocycles. The Labute approximate surface area is 153 Å². The van der Waals surface area contributed by atoms with Crippen LogP contribution in [0.5, 0.6) is 0 Å². The smallest absolute Gasteiger partial charge is 0.191 e. The van der Waals surface area contributed by atoms with Crippen molar-refractivity contribution in [2.75, 3.05) is 33.4 Å². The summed E-state index contributed by atoms with van der Waals surface area (Å²) in [6.07, 6.45) is 0.828. The average molecular weight is 446 g/mol. The molecule has 0 heterocycles. The van der Waals surface area contributed by atoms with Crippen LogP contribution >= 0.6 is 47.2 Å². The van der Waals surface area contributed by atoms with Crippen molar-refractivity contribution in [3.8, 4) is 0 Å². The number of ether oxygens (including phenoxy) is 1. The second kappa shape index (κ2) is 12.3. The number of halogens is 3. The largest absolute Gasteiger partial charge is 0.383 e. The van der Waals surface area contributed by atoms with Gasteiger partial charge in [-0.3, -0.25) is 4.99 Å². The van der Waals surface area contributed by atoms with Crippen LogP contribution in [0, 0.1) is 0 Å². The lowest BCUT2D eigenvalue weighted by atomic mass is 10.1. The van der Waals surface area contributed by atoms with Crippen molar-refractivity contribution in [3.05, 3.63) is 33.8 Å². The first-order valence-corrected chi connectivity index (χ1v) is 7.37. The van der Waals surface area contributed by atoms with E-state index in [1.54, 1.807) is 13.2 Å². The molecule has 7 heteroatoms. The summed E-state index contributed by atoms with van der Waals surface area (Å²) in [5.74, 6) is 0.790. The highest BCUT2D eigenvalue weighted by Crippen LogP contribution is 2.19. The number of nitrogens with zero attached hydrogens (tertiary/aromatic N) is 1. The van der Waals surface area contributed by atoms with Crippen molar-refractivity contribution >= 4 is 53.1 Å². The van der Waals surface area contributed by atoms with Gasteiger partial charge in [-0.25, -0.2) is 0 Å². The van der Waals surface area contributed by atoms with Gasteiger partial charge in [0.2, 0.25) is 0 Å². The van der Waals surface area contributed by atoms with Gasteiger partial charge in [-0.2, -0.15) is 0 Å². The Morgan fingerprint density at radius 1 is 1.19 bits per heavy atom. The van der Waals surface area contributed by atoms with E-state index in [9.17, 15) is 0 Å². The summed E-state index contributed by atoms with van der Waals surface area (Å²) < 4.78 is 4.98. The number of methoxy groups -OCH3 is 1. The van der Waals surface area contributed by atoms with E-state index >= 15 is 0 Å². The van der Waals surface area contributed by atoms with Gasteiger partial charge < -0.3 is 15.4 Å². The number of nitrogens with one attached hydrogen (secondary N) is 2. The Balaban J connectivity index is 0.00000400. The summed E-state index contributed by atoms with van der Waals surface area (Å²) in [5.41, 5.74) is 1.10. The lowest BCUT2D eigenvalue weighted by molar-refractivity contribution is 0.208. The van der Waals surface area contributed by atoms with Crippen LogP contribution in [0.1, 0.15) is 12.5 Å². The van der Waals surface area contributed by atoms with E-state index in [0.29, 0.717) is 23.2 Å². The highest BCUT2D eigenvalue weighted by Gasteiger charge is 2.00. The molecule has 0 radical (unpaired) electrons. The molecule has 120 valence electrons. The van der Waals surface area contributed by atoms with Crippen LogP contribution in [0.2, 0.25) is 10.0 Å². The zero-order valence-electron chi connectivity index (χ0n) is 12.3. The normalized spacial score (nSPS) is 11.0. The minimum absolute atomic E-state index is 0. The molecule has 0 bridgehead atoms. The summed E-state index contributed by atoms with van der Waals surface area (Å²) in [5, 5.41) is 7.77. The molecule has 0 aliphatic carbocycles. The number of hydrogen-bond donors (Lipinski definition) is 2. The van der Waals surface area contributed by atoms with E-state index < -0.39 is 0 Å². The molecule has 0 atom stereocenters. The van der Waals surface area contributed by atoms with Crippen LogP contribution in [0.15, 0.2) is 23.2 Å². The van der Waals surface area contributed by atoms with Gasteiger partial charge in [-0.15, -0.1) is 24.0 Å². The zero-order valence-corrected chi connectivity index (χ0v) is 16.1. The molecule has 4 nitrogen and oxygen atoms in total. The average Bonchev–Trinajstić information content (AvgIpc) is 2.38. The predicted octanol–water partition coefficient (Wildman–Crippen LogP) is 3.36. The Kier molecular flexibility index (Phi) is 12.2. The van der Waals surface area contributed by atoms with Crippen LogP contribution in [-0.4, -0.2) is 39.3 Å². The lowest BCUT2D eigenvalue weighted by Gasteiger charge is -2.11. The molecule has 1 aromatic carbocycles. The standard InChI is InChI=1S/C14H21Cl2N3O.HI/c1-3-17-14(19-6-7-20-2)18-5-4-11-8-12(15)10-13(16)9-11;/h8-10H,3-7H2,1-2H3,(H2,17,18,19);1H. The van der Waals surface area contributed by atoms with Crippen molar-refractivity contribution in [2.45, 2.75) is 13.3 Å². The third kappa shape index (κ3) is 9.39. The molecule has 0 unspecified atom stereocenters. The van der Waals surface area contributed by atoms with Gasteiger partial charge in [0.1, 0.15) is 0 Å². The summed E-state index contributed by atoms with van der Waals surface area (Å²) in [6, 6.07) is 5.57. The zero-order chi connectivity index (χ0) is 14.8. The van der Waals surface area contributed by atoms with E-state index in [1.807, 2.05) is 19.1 Å². The Morgan fingerprint density at radius 3 is 2.43 bits per heavy atom. The molecule has 1 aromatic rings. The summed E-state index contributed by atoms with van der Waals surface area (Å²) >= 11 is 11.9. The molecule has 0 aromatic heterocycles. The summed E-state index contributed by atoms with van der Waals surface area (Å²) in [4.78, 5) is 4.39. The van der Waals surface area contributed by atoms with Crippen LogP contribution in [0.3, 0.4) is 0 Å². The molecule has 21 heavy (non-hydrogen) atoms. The maximum absolute atomic E-state index is 5.97. The van der Waals surface area contributed by atoms with E-state index in [2.05, 4.69) is 15.6 Å². The molecule has 1 rings (SSSR count). The van der Waals surface area contributed by atoms with Crippen LogP contribution in [0.25, 0.3) is 0 Å². The highest BCUT2D eigenvalue weighted by atomic mass is 127. The predicted molar refractivity (Wildman–Crippen MR) is 101 cm³/mol. The first-order chi connectivity index (χ1) is 9.65. The minimum atomic E-state index is 0. The third-order valence-corrected chi connectivity index (χ3v) is 2.97. The van der Waals surface area contributed by atoms with Crippen molar-refractivity contribution in [2.24, 2.45) is 4.99 Å². The molecule has 0 fully saturated rings. The van der Waals surface area contributed by atoms with Gasteiger partial charge in [0.05, 0.1) is 13.2 Å². The van der Waals surface area contributed by atoms with Crippen molar-refractivity contribution < 1.29 is 4.74 Å². The second-order valence-electron chi connectivity index (χ2n) is 4.21. The molecule has 0 aliphatic heterocycles. The van der Waals surface area contributed by atoms with Gasteiger partial charge in [-0.1, -0.05) is 23.2 Å². The van der Waals surface area contributed by atoms with Gasteiger partial charge in [-0.05, 0) is 37.1 Å². The van der Waals surface area contributed by atoms with Crippen LogP contribution in [0.4, 0.5) is 0 Å². The van der Waals surface area contributed by atoms with E-state index in [1.165, 1.54) is 0 Å². The van der Waals surface area contributed by atoms with Crippen molar-refractivity contribution in [1.29, 1.82) is 0 Å². The van der Waals surface area contributed by atoms with Gasteiger partial charge in [0.15, 0.2) is 5.96 Å². The van der Waals surface area contributed by atoms with Gasteiger partial charge in [0.25, 0.3) is 0 Å². The first-order valence-electron chi connectivity index (χ1n) is 6.61. The molecular formula is C14H22Cl2IN3O. The number of aliphatic imine (C=N–C) groups is 1. The van der Waals surface area contributed by atoms with Crippen LogP contribution in [-0.2, 0) is 11.2 Å². The Morgan fingerprint density at radius 2 is 1.86 bits per heavy atom. The number of guanidine groups is 1. The fourth-order valence-corrected chi connectivity index (χ4v) is 2.24. The number of benzene rings is 1. The number of hydrogen-bond acceptors (Lipinski definition) is 2. The fraction of sp³-hybridized carbons (Fsp3) is 0.500.